The van der Waals surface area contributed by atoms with Gasteiger partial charge in [0.1, 0.15) is 17.0 Å². The van der Waals surface area contributed by atoms with Gasteiger partial charge in [0, 0.05) is 24.3 Å². The Bertz CT molecular complexity index is 1160. The number of benzene rings is 2. The van der Waals surface area contributed by atoms with Crippen LogP contribution in [0.1, 0.15) is 49.9 Å². The molecule has 1 aromatic heterocycles. The number of fused-ring (bicyclic) bond motifs is 1. The van der Waals surface area contributed by atoms with Crippen LogP contribution in [0.25, 0.3) is 21.0 Å². The highest BCUT2D eigenvalue weighted by Crippen LogP contribution is 2.41. The fraction of sp³-hybridized carbons (Fsp3) is 0.333. The van der Waals surface area contributed by atoms with E-state index < -0.39 is 0 Å². The Kier molecular flexibility index (Phi) is 8.79. The SMILES string of the molecule is CC#Cc1cc(-c2ncc(-c3cccc4c3CCC4NC)s2)ccc1OC(C)C.NCC=O. The molecule has 0 bridgehead atoms. The molecule has 0 amide bonds. The number of aldehydes is 1. The Morgan fingerprint density at radius 3 is 2.79 bits per heavy atom. The molecule has 0 fully saturated rings. The lowest BCUT2D eigenvalue weighted by Crippen LogP contribution is -2.12. The molecule has 0 saturated heterocycles. The first kappa shape index (κ1) is 24.7. The predicted molar refractivity (Wildman–Crippen MR) is 137 cm³/mol. The van der Waals surface area contributed by atoms with E-state index in [2.05, 4.69) is 53.2 Å². The number of nitrogens with zero attached hydrogens (tertiary/aromatic N) is 1. The molecule has 1 unspecified atom stereocenters. The number of aromatic nitrogens is 1. The third-order valence-corrected chi connectivity index (χ3v) is 6.42. The fourth-order valence-corrected chi connectivity index (χ4v) is 4.93. The summed E-state index contributed by atoms with van der Waals surface area (Å²) >= 11 is 1.74. The van der Waals surface area contributed by atoms with Crippen molar-refractivity contribution in [2.24, 2.45) is 5.73 Å². The molecular formula is C27H31N3O2S. The maximum absolute atomic E-state index is 9.05. The van der Waals surface area contributed by atoms with Crippen LogP contribution in [-0.2, 0) is 11.2 Å². The highest BCUT2D eigenvalue weighted by Gasteiger charge is 2.24. The highest BCUT2D eigenvalue weighted by molar-refractivity contribution is 7.18. The molecule has 0 aliphatic heterocycles. The number of hydrogen-bond donors (Lipinski definition) is 2. The summed E-state index contributed by atoms with van der Waals surface area (Å²) in [5, 5.41) is 4.44. The largest absolute Gasteiger partial charge is 0.490 e. The van der Waals surface area contributed by atoms with Crippen LogP contribution in [0.4, 0.5) is 0 Å². The van der Waals surface area contributed by atoms with Crippen molar-refractivity contribution in [3.63, 3.8) is 0 Å². The molecule has 6 heteroatoms. The smallest absolute Gasteiger partial charge is 0.135 e. The van der Waals surface area contributed by atoms with E-state index >= 15 is 0 Å². The van der Waals surface area contributed by atoms with Gasteiger partial charge in [0.2, 0.25) is 0 Å². The van der Waals surface area contributed by atoms with Gasteiger partial charge in [-0.25, -0.2) is 4.98 Å². The maximum Gasteiger partial charge on any atom is 0.135 e. The standard InChI is InChI=1S/C25H26N2OS.C2H5NO/c1-5-7-17-14-18(10-13-23(17)28-16(2)3)25-27-15-24(29-25)21-9-6-8-20-19(21)11-12-22(20)26-4;3-1-2-4/h6,8-10,13-16,22,26H,11-12H2,1-4H3;2H,1,3H2. The second-order valence-corrected chi connectivity index (χ2v) is 8.97. The summed E-state index contributed by atoms with van der Waals surface area (Å²) in [4.78, 5) is 15.0. The van der Waals surface area contributed by atoms with Crippen LogP contribution in [-0.4, -0.2) is 31.0 Å². The van der Waals surface area contributed by atoms with E-state index in [1.54, 1.807) is 11.3 Å². The lowest BCUT2D eigenvalue weighted by molar-refractivity contribution is -0.106. The van der Waals surface area contributed by atoms with Gasteiger partial charge in [-0.1, -0.05) is 24.1 Å². The van der Waals surface area contributed by atoms with Gasteiger partial charge in [-0.3, -0.25) is 0 Å². The number of carbonyl (C=O) groups is 1. The molecule has 3 aromatic rings. The Morgan fingerprint density at radius 1 is 1.33 bits per heavy atom. The molecule has 0 radical (unpaired) electrons. The van der Waals surface area contributed by atoms with Gasteiger partial charge in [-0.05, 0) is 75.5 Å². The summed E-state index contributed by atoms with van der Waals surface area (Å²) in [6.45, 7) is 6.05. The third-order valence-electron chi connectivity index (χ3n) is 5.34. The molecule has 3 N–H and O–H groups in total. The second kappa shape index (κ2) is 11.8. The summed E-state index contributed by atoms with van der Waals surface area (Å²) in [6.07, 6.45) is 5.05. The number of carbonyl (C=O) groups excluding carboxylic acids is 1. The fourth-order valence-electron chi connectivity index (χ4n) is 3.97. The van der Waals surface area contributed by atoms with Crippen molar-refractivity contribution in [1.29, 1.82) is 0 Å². The van der Waals surface area contributed by atoms with Gasteiger partial charge in [0.15, 0.2) is 0 Å². The lowest BCUT2D eigenvalue weighted by atomic mass is 10.0. The Balaban J connectivity index is 0.000000709. The lowest BCUT2D eigenvalue weighted by Gasteiger charge is -2.12. The van der Waals surface area contributed by atoms with Crippen molar-refractivity contribution in [2.75, 3.05) is 13.6 Å². The minimum Gasteiger partial charge on any atom is -0.490 e. The van der Waals surface area contributed by atoms with Crippen molar-refractivity contribution in [3.8, 4) is 38.6 Å². The number of ether oxygens (including phenoxy) is 1. The molecule has 1 aliphatic rings. The molecule has 1 atom stereocenters. The van der Waals surface area contributed by atoms with Gasteiger partial charge < -0.3 is 20.6 Å². The van der Waals surface area contributed by atoms with Crippen LogP contribution in [0.15, 0.2) is 42.6 Å². The van der Waals surface area contributed by atoms with E-state index in [0.29, 0.717) is 12.3 Å². The Hall–Kier alpha value is -2.98. The zero-order chi connectivity index (χ0) is 23.8. The van der Waals surface area contributed by atoms with Crippen LogP contribution in [0.2, 0.25) is 0 Å². The molecule has 1 heterocycles. The molecule has 172 valence electrons. The summed E-state index contributed by atoms with van der Waals surface area (Å²) in [5.41, 5.74) is 10.9. The average Bonchev–Trinajstić information content (AvgIpc) is 3.47. The van der Waals surface area contributed by atoms with Gasteiger partial charge in [-0.2, -0.15) is 0 Å². The number of nitrogens with two attached hydrogens (primary N) is 1. The molecule has 0 saturated carbocycles. The number of rotatable bonds is 6. The minimum atomic E-state index is 0.117. The quantitative estimate of drug-likeness (QED) is 0.400. The van der Waals surface area contributed by atoms with Crippen LogP contribution in [0, 0.1) is 11.8 Å². The average molecular weight is 462 g/mol. The highest BCUT2D eigenvalue weighted by atomic mass is 32.1. The van der Waals surface area contributed by atoms with Gasteiger partial charge in [0.05, 0.1) is 16.5 Å². The van der Waals surface area contributed by atoms with Crippen molar-refractivity contribution in [1.82, 2.24) is 10.3 Å². The van der Waals surface area contributed by atoms with Crippen molar-refractivity contribution in [3.05, 3.63) is 59.3 Å². The Labute approximate surface area is 200 Å². The van der Waals surface area contributed by atoms with E-state index in [-0.39, 0.29) is 12.6 Å². The van der Waals surface area contributed by atoms with E-state index in [4.69, 9.17) is 14.5 Å². The van der Waals surface area contributed by atoms with E-state index in [0.717, 1.165) is 34.7 Å². The van der Waals surface area contributed by atoms with E-state index in [1.807, 2.05) is 40.1 Å². The molecule has 1 aliphatic carbocycles. The molecule has 33 heavy (non-hydrogen) atoms. The predicted octanol–water partition coefficient (Wildman–Crippen LogP) is 4.99. The van der Waals surface area contributed by atoms with Crippen molar-refractivity contribution >= 4 is 17.6 Å². The molecule has 5 nitrogen and oxygen atoms in total. The third kappa shape index (κ3) is 5.88. The Morgan fingerprint density at radius 2 is 2.12 bits per heavy atom. The number of hydrogen-bond acceptors (Lipinski definition) is 6. The van der Waals surface area contributed by atoms with Crippen LogP contribution >= 0.6 is 11.3 Å². The molecule has 0 spiro atoms. The summed E-state index contributed by atoms with van der Waals surface area (Å²) in [6, 6.07) is 13.3. The number of nitrogens with one attached hydrogen (secondary N) is 1. The summed E-state index contributed by atoms with van der Waals surface area (Å²) in [7, 11) is 2.04. The second-order valence-electron chi connectivity index (χ2n) is 7.94. The minimum absolute atomic E-state index is 0.117. The van der Waals surface area contributed by atoms with Crippen LogP contribution in [0.3, 0.4) is 0 Å². The maximum atomic E-state index is 9.05. The summed E-state index contributed by atoms with van der Waals surface area (Å²) in [5.74, 6) is 6.99. The molecule has 4 rings (SSSR count). The first-order valence-electron chi connectivity index (χ1n) is 11.1. The van der Waals surface area contributed by atoms with Crippen molar-refractivity contribution in [2.45, 2.75) is 45.8 Å². The zero-order valence-electron chi connectivity index (χ0n) is 19.6. The van der Waals surface area contributed by atoms with E-state index in [9.17, 15) is 0 Å². The topological polar surface area (TPSA) is 77.2 Å². The van der Waals surface area contributed by atoms with Gasteiger partial charge in [-0.15, -0.1) is 17.3 Å². The summed E-state index contributed by atoms with van der Waals surface area (Å²) < 4.78 is 5.91. The van der Waals surface area contributed by atoms with E-state index in [1.165, 1.54) is 21.6 Å². The number of thiazole rings is 1. The van der Waals surface area contributed by atoms with Gasteiger partial charge >= 0.3 is 0 Å². The van der Waals surface area contributed by atoms with Gasteiger partial charge in [0.25, 0.3) is 0 Å². The van der Waals surface area contributed by atoms with Crippen LogP contribution < -0.4 is 15.8 Å². The molecule has 2 aromatic carbocycles. The normalized spacial score (nSPS) is 14.1. The van der Waals surface area contributed by atoms with Crippen molar-refractivity contribution < 1.29 is 9.53 Å². The molecular weight excluding hydrogens is 430 g/mol. The first-order valence-corrected chi connectivity index (χ1v) is 12.0. The monoisotopic (exact) mass is 461 g/mol. The first-order chi connectivity index (χ1) is 16.0. The van der Waals surface area contributed by atoms with Crippen LogP contribution in [0.5, 0.6) is 5.75 Å². The zero-order valence-corrected chi connectivity index (χ0v) is 20.5.